The van der Waals surface area contributed by atoms with Crippen molar-refractivity contribution >= 4 is 16.7 Å². The average molecular weight is 438 g/mol. The highest BCUT2D eigenvalue weighted by atomic mass is 16.5. The number of hydrogen-bond donors (Lipinski definition) is 1. The number of rotatable bonds is 6. The van der Waals surface area contributed by atoms with E-state index in [1.165, 1.54) is 29.2 Å². The van der Waals surface area contributed by atoms with Gasteiger partial charge in [0.25, 0.3) is 0 Å². The molecule has 4 rings (SSSR count). The highest BCUT2D eigenvalue weighted by Crippen LogP contribution is 2.39. The van der Waals surface area contributed by atoms with Crippen LogP contribution >= 0.6 is 0 Å². The van der Waals surface area contributed by atoms with Crippen LogP contribution in [0, 0.1) is 17.3 Å². The van der Waals surface area contributed by atoms with Crippen LogP contribution in [0.4, 0.5) is 0 Å². The van der Waals surface area contributed by atoms with E-state index in [2.05, 4.69) is 62.1 Å². The van der Waals surface area contributed by atoms with Crippen LogP contribution in [0.25, 0.3) is 10.8 Å². The molecule has 2 aliphatic rings. The van der Waals surface area contributed by atoms with Gasteiger partial charge in [-0.15, -0.1) is 0 Å². The van der Waals surface area contributed by atoms with Crippen molar-refractivity contribution in [2.24, 2.45) is 17.3 Å². The predicted octanol–water partition coefficient (Wildman–Crippen LogP) is 6.16. The Bertz CT molecular complexity index is 916. The van der Waals surface area contributed by atoms with Crippen molar-refractivity contribution in [3.8, 4) is 5.75 Å². The topological polar surface area (TPSA) is 49.8 Å². The van der Waals surface area contributed by atoms with Crippen molar-refractivity contribution in [2.45, 2.75) is 71.8 Å². The number of ether oxygens (including phenoxy) is 1. The summed E-state index contributed by atoms with van der Waals surface area (Å²) in [6, 6.07) is 13.2. The number of fused-ring (bicyclic) bond motifs is 1. The van der Waals surface area contributed by atoms with E-state index < -0.39 is 5.97 Å². The summed E-state index contributed by atoms with van der Waals surface area (Å²) in [6.45, 7) is 9.86. The maximum atomic E-state index is 11.1. The first kappa shape index (κ1) is 23.1. The van der Waals surface area contributed by atoms with Crippen LogP contribution in [-0.2, 0) is 11.2 Å². The van der Waals surface area contributed by atoms with Gasteiger partial charge in [-0.05, 0) is 97.8 Å². The molecule has 1 heterocycles. The van der Waals surface area contributed by atoms with Gasteiger partial charge < -0.3 is 14.7 Å². The normalized spacial score (nSPS) is 23.3. The van der Waals surface area contributed by atoms with Crippen LogP contribution in [0.2, 0.25) is 0 Å². The van der Waals surface area contributed by atoms with E-state index in [9.17, 15) is 4.79 Å². The van der Waals surface area contributed by atoms with Gasteiger partial charge in [-0.2, -0.15) is 0 Å². The number of benzene rings is 2. The lowest BCUT2D eigenvalue weighted by Gasteiger charge is -2.37. The van der Waals surface area contributed by atoms with Gasteiger partial charge in [0.15, 0.2) is 0 Å². The zero-order valence-corrected chi connectivity index (χ0v) is 20.0. The van der Waals surface area contributed by atoms with E-state index in [-0.39, 0.29) is 5.92 Å². The largest absolute Gasteiger partial charge is 0.490 e. The summed E-state index contributed by atoms with van der Waals surface area (Å²) >= 11 is 0. The van der Waals surface area contributed by atoms with Crippen LogP contribution < -0.4 is 4.74 Å². The van der Waals surface area contributed by atoms with Gasteiger partial charge in [0, 0.05) is 6.54 Å². The number of carboxylic acid groups (broad SMARTS) is 1. The third-order valence-corrected chi connectivity index (χ3v) is 7.73. The van der Waals surface area contributed by atoms with Gasteiger partial charge in [-0.1, -0.05) is 45.0 Å². The molecule has 1 aliphatic heterocycles. The minimum atomic E-state index is -0.639. The second-order valence-corrected chi connectivity index (χ2v) is 11.0. The molecule has 4 heteroatoms. The quantitative estimate of drug-likeness (QED) is 0.588. The van der Waals surface area contributed by atoms with E-state index in [4.69, 9.17) is 9.84 Å². The Labute approximate surface area is 192 Å². The molecule has 1 N–H and O–H groups in total. The third kappa shape index (κ3) is 5.83. The van der Waals surface area contributed by atoms with Crippen molar-refractivity contribution in [1.29, 1.82) is 0 Å². The fourth-order valence-corrected chi connectivity index (χ4v) is 5.43. The van der Waals surface area contributed by atoms with E-state index in [0.29, 0.717) is 11.5 Å². The monoisotopic (exact) mass is 437 g/mol. The molecule has 0 atom stereocenters. The molecule has 1 aliphatic carbocycles. The fourth-order valence-electron chi connectivity index (χ4n) is 5.43. The van der Waals surface area contributed by atoms with Crippen molar-refractivity contribution in [2.75, 3.05) is 19.6 Å². The Morgan fingerprint density at radius 2 is 1.62 bits per heavy atom. The molecule has 1 saturated heterocycles. The summed E-state index contributed by atoms with van der Waals surface area (Å²) in [5.74, 6) is 1.00. The molecule has 2 aromatic rings. The van der Waals surface area contributed by atoms with Crippen LogP contribution in [0.15, 0.2) is 36.4 Å². The zero-order valence-electron chi connectivity index (χ0n) is 20.0. The molecular formula is C28H39NO3. The van der Waals surface area contributed by atoms with Gasteiger partial charge in [-0.25, -0.2) is 0 Å². The first-order valence-electron chi connectivity index (χ1n) is 12.4. The molecule has 2 aromatic carbocycles. The molecule has 0 spiro atoms. The Morgan fingerprint density at radius 3 is 2.28 bits per heavy atom. The van der Waals surface area contributed by atoms with Gasteiger partial charge in [0.1, 0.15) is 5.75 Å². The smallest absolute Gasteiger partial charge is 0.306 e. The summed E-state index contributed by atoms with van der Waals surface area (Å²) in [4.78, 5) is 13.5. The summed E-state index contributed by atoms with van der Waals surface area (Å²) < 4.78 is 6.36. The van der Waals surface area contributed by atoms with Gasteiger partial charge in [0.05, 0.1) is 12.0 Å². The van der Waals surface area contributed by atoms with E-state index in [0.717, 1.165) is 63.4 Å². The molecule has 2 fully saturated rings. The number of likely N-dealkylation sites (tertiary alicyclic amines) is 1. The molecule has 0 bridgehead atoms. The Hall–Kier alpha value is -2.07. The lowest BCUT2D eigenvalue weighted by Crippen LogP contribution is -2.37. The molecule has 0 amide bonds. The van der Waals surface area contributed by atoms with Crippen LogP contribution in [0.5, 0.6) is 5.75 Å². The maximum Gasteiger partial charge on any atom is 0.306 e. The summed E-state index contributed by atoms with van der Waals surface area (Å²) in [5.41, 5.74) is 1.74. The van der Waals surface area contributed by atoms with Gasteiger partial charge in [0.2, 0.25) is 0 Å². The Kier molecular flexibility index (Phi) is 7.09. The van der Waals surface area contributed by atoms with Crippen LogP contribution in [0.3, 0.4) is 0 Å². The third-order valence-electron chi connectivity index (χ3n) is 7.73. The van der Waals surface area contributed by atoms with E-state index >= 15 is 0 Å². The van der Waals surface area contributed by atoms with Crippen molar-refractivity contribution in [3.05, 3.63) is 42.0 Å². The SMILES string of the molecule is CC(C)(C)[C@H]1CC[C@H](Oc2ccc3cc(CCN4CCC(C(=O)O)CC4)ccc3c2)CC1. The first-order valence-corrected chi connectivity index (χ1v) is 12.4. The summed E-state index contributed by atoms with van der Waals surface area (Å²) in [6.07, 6.45) is 7.73. The average Bonchev–Trinajstić information content (AvgIpc) is 2.77. The minimum Gasteiger partial charge on any atom is -0.490 e. The molecule has 0 radical (unpaired) electrons. The van der Waals surface area contributed by atoms with E-state index in [1.54, 1.807) is 0 Å². The number of hydrogen-bond acceptors (Lipinski definition) is 3. The second-order valence-electron chi connectivity index (χ2n) is 11.0. The van der Waals surface area contributed by atoms with Crippen molar-refractivity contribution < 1.29 is 14.6 Å². The number of carbonyl (C=O) groups is 1. The molecule has 174 valence electrons. The van der Waals surface area contributed by atoms with E-state index in [1.807, 2.05) is 0 Å². The number of piperidine rings is 1. The van der Waals surface area contributed by atoms with Gasteiger partial charge in [-0.3, -0.25) is 4.79 Å². The molecule has 0 unspecified atom stereocenters. The van der Waals surface area contributed by atoms with Gasteiger partial charge >= 0.3 is 5.97 Å². The number of carboxylic acids is 1. The Morgan fingerprint density at radius 1 is 0.969 bits per heavy atom. The highest BCUT2D eigenvalue weighted by Gasteiger charge is 2.30. The molecule has 1 saturated carbocycles. The lowest BCUT2D eigenvalue weighted by atomic mass is 9.72. The van der Waals surface area contributed by atoms with Crippen molar-refractivity contribution in [3.63, 3.8) is 0 Å². The van der Waals surface area contributed by atoms with Crippen LogP contribution in [-0.4, -0.2) is 41.7 Å². The molecule has 0 aromatic heterocycles. The molecule has 32 heavy (non-hydrogen) atoms. The predicted molar refractivity (Wildman–Crippen MR) is 130 cm³/mol. The second kappa shape index (κ2) is 9.82. The fraction of sp³-hybridized carbons (Fsp3) is 0.607. The summed E-state index contributed by atoms with van der Waals surface area (Å²) in [7, 11) is 0. The van der Waals surface area contributed by atoms with Crippen LogP contribution in [0.1, 0.15) is 64.9 Å². The molecular weight excluding hydrogens is 398 g/mol. The number of aliphatic carboxylic acids is 1. The Balaban J connectivity index is 1.29. The standard InChI is InChI=1S/C28H39NO3/c1-28(2,3)24-7-10-25(11-8-24)32-26-9-6-22-18-20(4-5-23(22)19-26)12-15-29-16-13-21(14-17-29)27(30)31/h4-6,9,18-19,21,24-25H,7-8,10-17H2,1-3H3,(H,30,31)/t24-,25-. The lowest BCUT2D eigenvalue weighted by molar-refractivity contribution is -0.143. The van der Waals surface area contributed by atoms with Crippen molar-refractivity contribution in [1.82, 2.24) is 4.90 Å². The first-order chi connectivity index (χ1) is 15.3. The highest BCUT2D eigenvalue weighted by molar-refractivity contribution is 5.84. The number of nitrogens with zero attached hydrogens (tertiary/aromatic N) is 1. The molecule has 4 nitrogen and oxygen atoms in total. The maximum absolute atomic E-state index is 11.1. The minimum absolute atomic E-state index is 0.156. The zero-order chi connectivity index (χ0) is 22.7. The summed E-state index contributed by atoms with van der Waals surface area (Å²) in [5, 5.41) is 11.6.